The molecule has 17 heavy (non-hydrogen) atoms. The van der Waals surface area contributed by atoms with E-state index in [0.717, 1.165) is 0 Å². The fourth-order valence-corrected chi connectivity index (χ4v) is 1.67. The van der Waals surface area contributed by atoms with Gasteiger partial charge in [0.2, 0.25) is 0 Å². The van der Waals surface area contributed by atoms with Crippen molar-refractivity contribution >= 4 is 29.2 Å². The van der Waals surface area contributed by atoms with Crippen LogP contribution in [0.3, 0.4) is 0 Å². The van der Waals surface area contributed by atoms with Crippen molar-refractivity contribution in [3.63, 3.8) is 0 Å². The largest absolute Gasteiger partial charge is 0.464 e. The number of carbonyl (C=O) groups is 1. The number of hydrogen-bond donors (Lipinski definition) is 0. The normalized spacial score (nSPS) is 10.3. The van der Waals surface area contributed by atoms with Crippen molar-refractivity contribution in [1.29, 1.82) is 0 Å². The molecule has 0 fully saturated rings. The molecule has 2 rings (SSSR count). The van der Waals surface area contributed by atoms with Gasteiger partial charge in [-0.25, -0.2) is 4.79 Å². The molecule has 0 bridgehead atoms. The van der Waals surface area contributed by atoms with E-state index in [0.29, 0.717) is 21.4 Å². The van der Waals surface area contributed by atoms with E-state index in [9.17, 15) is 4.79 Å². The van der Waals surface area contributed by atoms with Gasteiger partial charge >= 0.3 is 5.97 Å². The first-order valence-electron chi connectivity index (χ1n) is 4.62. The Hall–Kier alpha value is -1.52. The highest BCUT2D eigenvalue weighted by Gasteiger charge is 2.15. The third kappa shape index (κ3) is 2.43. The zero-order chi connectivity index (χ0) is 12.4. The first kappa shape index (κ1) is 12.0. The zero-order valence-electron chi connectivity index (χ0n) is 8.74. The molecule has 0 N–H and O–H groups in total. The third-order valence-electron chi connectivity index (χ3n) is 2.10. The number of nitrogens with zero attached hydrogens (tertiary/aromatic N) is 1. The van der Waals surface area contributed by atoms with Crippen LogP contribution in [0.2, 0.25) is 10.0 Å². The summed E-state index contributed by atoms with van der Waals surface area (Å²) in [5.41, 5.74) is 0.653. The molecule has 0 saturated heterocycles. The van der Waals surface area contributed by atoms with Crippen LogP contribution in [0.4, 0.5) is 0 Å². The van der Waals surface area contributed by atoms with Crippen LogP contribution in [-0.2, 0) is 4.74 Å². The zero-order valence-corrected chi connectivity index (χ0v) is 10.2. The Morgan fingerprint density at radius 3 is 2.82 bits per heavy atom. The molecular formula is C11H7Cl2NO3. The van der Waals surface area contributed by atoms with Crippen LogP contribution < -0.4 is 0 Å². The smallest absolute Gasteiger partial charge is 0.360 e. The maximum atomic E-state index is 11.2. The summed E-state index contributed by atoms with van der Waals surface area (Å²) < 4.78 is 9.53. The molecule has 1 aromatic heterocycles. The van der Waals surface area contributed by atoms with E-state index in [1.165, 1.54) is 13.2 Å². The average Bonchev–Trinajstić information content (AvgIpc) is 2.80. The average molecular weight is 272 g/mol. The molecule has 0 unspecified atom stereocenters. The van der Waals surface area contributed by atoms with E-state index in [4.69, 9.17) is 27.7 Å². The minimum Gasteiger partial charge on any atom is -0.464 e. The summed E-state index contributed by atoms with van der Waals surface area (Å²) in [5, 5.41) is 4.56. The van der Waals surface area contributed by atoms with Gasteiger partial charge in [-0.15, -0.1) is 0 Å². The highest BCUT2D eigenvalue weighted by atomic mass is 35.5. The van der Waals surface area contributed by atoms with Gasteiger partial charge in [-0.2, -0.15) is 0 Å². The summed E-state index contributed by atoms with van der Waals surface area (Å²) in [5.74, 6) is -0.212. The Kier molecular flexibility index (Phi) is 3.36. The van der Waals surface area contributed by atoms with Crippen LogP contribution in [-0.4, -0.2) is 18.2 Å². The summed E-state index contributed by atoms with van der Waals surface area (Å²) in [6.45, 7) is 0. The maximum absolute atomic E-state index is 11.2. The quantitative estimate of drug-likeness (QED) is 0.786. The number of rotatable bonds is 2. The number of ether oxygens (including phenoxy) is 1. The van der Waals surface area contributed by atoms with Gasteiger partial charge in [-0.3, -0.25) is 0 Å². The number of halogens is 2. The predicted octanol–water partition coefficient (Wildman–Crippen LogP) is 3.44. The SMILES string of the molecule is COC(=O)c1cc(-c2cc(Cl)ccc2Cl)on1. The fraction of sp³-hybridized carbons (Fsp3) is 0.0909. The van der Waals surface area contributed by atoms with Crippen molar-refractivity contribution < 1.29 is 14.1 Å². The molecule has 4 nitrogen and oxygen atoms in total. The minimum atomic E-state index is -0.571. The lowest BCUT2D eigenvalue weighted by Crippen LogP contribution is -2.00. The molecule has 0 spiro atoms. The highest BCUT2D eigenvalue weighted by molar-refractivity contribution is 6.35. The van der Waals surface area contributed by atoms with Gasteiger partial charge in [0.1, 0.15) is 0 Å². The van der Waals surface area contributed by atoms with Gasteiger partial charge in [0.15, 0.2) is 11.5 Å². The highest BCUT2D eigenvalue weighted by Crippen LogP contribution is 2.30. The Morgan fingerprint density at radius 1 is 1.35 bits per heavy atom. The lowest BCUT2D eigenvalue weighted by Gasteiger charge is -1.99. The molecule has 1 heterocycles. The summed E-state index contributed by atoms with van der Waals surface area (Å²) >= 11 is 11.8. The van der Waals surface area contributed by atoms with Gasteiger partial charge in [0.05, 0.1) is 12.1 Å². The Bertz CT molecular complexity index is 566. The van der Waals surface area contributed by atoms with E-state index >= 15 is 0 Å². The lowest BCUT2D eigenvalue weighted by atomic mass is 10.1. The van der Waals surface area contributed by atoms with Gasteiger partial charge in [0.25, 0.3) is 0 Å². The Morgan fingerprint density at radius 2 is 2.12 bits per heavy atom. The molecule has 6 heteroatoms. The van der Waals surface area contributed by atoms with Crippen molar-refractivity contribution in [1.82, 2.24) is 5.16 Å². The first-order valence-corrected chi connectivity index (χ1v) is 5.38. The molecule has 0 aliphatic rings. The van der Waals surface area contributed by atoms with E-state index in [2.05, 4.69) is 9.89 Å². The molecule has 0 amide bonds. The van der Waals surface area contributed by atoms with E-state index < -0.39 is 5.97 Å². The number of aromatic nitrogens is 1. The van der Waals surface area contributed by atoms with Crippen LogP contribution in [0.15, 0.2) is 28.8 Å². The molecule has 0 atom stereocenters. The fourth-order valence-electron chi connectivity index (χ4n) is 1.29. The van der Waals surface area contributed by atoms with Crippen LogP contribution in [0.5, 0.6) is 0 Å². The van der Waals surface area contributed by atoms with Crippen molar-refractivity contribution in [2.24, 2.45) is 0 Å². The van der Waals surface area contributed by atoms with Gasteiger partial charge < -0.3 is 9.26 Å². The summed E-state index contributed by atoms with van der Waals surface area (Å²) in [4.78, 5) is 11.2. The molecule has 88 valence electrons. The summed E-state index contributed by atoms with van der Waals surface area (Å²) in [6.07, 6.45) is 0. The molecule has 0 aliphatic carbocycles. The van der Waals surface area contributed by atoms with Crippen LogP contribution in [0.25, 0.3) is 11.3 Å². The number of carbonyl (C=O) groups excluding carboxylic acids is 1. The Balaban J connectivity index is 2.43. The molecule has 2 aromatic rings. The number of methoxy groups -OCH3 is 1. The number of esters is 1. The van der Waals surface area contributed by atoms with Crippen LogP contribution >= 0.6 is 23.2 Å². The maximum Gasteiger partial charge on any atom is 0.360 e. The molecular weight excluding hydrogens is 265 g/mol. The standard InChI is InChI=1S/C11H7Cl2NO3/c1-16-11(15)9-5-10(17-14-9)7-4-6(12)2-3-8(7)13/h2-5H,1H3. The Labute approximate surface area is 107 Å². The van der Waals surface area contributed by atoms with Crippen molar-refractivity contribution in [3.8, 4) is 11.3 Å². The topological polar surface area (TPSA) is 52.3 Å². The predicted molar refractivity (Wildman–Crippen MR) is 63.3 cm³/mol. The lowest BCUT2D eigenvalue weighted by molar-refractivity contribution is 0.0589. The second-order valence-corrected chi connectivity index (χ2v) is 4.04. The van der Waals surface area contributed by atoms with Crippen molar-refractivity contribution in [3.05, 3.63) is 40.0 Å². The molecule has 1 aromatic carbocycles. The van der Waals surface area contributed by atoms with E-state index in [1.807, 2.05) is 0 Å². The van der Waals surface area contributed by atoms with Crippen molar-refractivity contribution in [2.75, 3.05) is 7.11 Å². The first-order chi connectivity index (χ1) is 8.11. The monoisotopic (exact) mass is 271 g/mol. The third-order valence-corrected chi connectivity index (χ3v) is 2.66. The molecule has 0 aliphatic heterocycles. The minimum absolute atomic E-state index is 0.0820. The van der Waals surface area contributed by atoms with Gasteiger partial charge in [-0.1, -0.05) is 28.4 Å². The molecule has 0 radical (unpaired) electrons. The summed E-state index contributed by atoms with van der Waals surface area (Å²) in [7, 11) is 1.27. The van der Waals surface area contributed by atoms with Crippen LogP contribution in [0, 0.1) is 0 Å². The van der Waals surface area contributed by atoms with Crippen molar-refractivity contribution in [2.45, 2.75) is 0 Å². The number of benzene rings is 1. The summed E-state index contributed by atoms with van der Waals surface area (Å²) in [6, 6.07) is 6.37. The second kappa shape index (κ2) is 4.77. The second-order valence-electron chi connectivity index (χ2n) is 3.19. The number of hydrogen-bond acceptors (Lipinski definition) is 4. The van der Waals surface area contributed by atoms with Gasteiger partial charge in [0, 0.05) is 16.7 Å². The van der Waals surface area contributed by atoms with E-state index in [-0.39, 0.29) is 5.69 Å². The van der Waals surface area contributed by atoms with Gasteiger partial charge in [-0.05, 0) is 18.2 Å². The molecule has 0 saturated carbocycles. The van der Waals surface area contributed by atoms with E-state index in [1.54, 1.807) is 18.2 Å². The van der Waals surface area contributed by atoms with Crippen LogP contribution in [0.1, 0.15) is 10.5 Å².